The molecule has 0 saturated carbocycles. The van der Waals surface area contributed by atoms with E-state index in [1.807, 2.05) is 13.0 Å². The molecule has 1 saturated heterocycles. The third-order valence-corrected chi connectivity index (χ3v) is 2.77. The van der Waals surface area contributed by atoms with E-state index >= 15 is 0 Å². The number of ether oxygens (including phenoxy) is 2. The Balaban J connectivity index is 1.98. The Kier molecular flexibility index (Phi) is 3.62. The molecule has 0 bridgehead atoms. The van der Waals surface area contributed by atoms with Gasteiger partial charge in [-0.3, -0.25) is 4.98 Å². The first-order valence-electron chi connectivity index (χ1n) is 5.65. The van der Waals surface area contributed by atoms with Gasteiger partial charge >= 0.3 is 0 Å². The van der Waals surface area contributed by atoms with Gasteiger partial charge in [0, 0.05) is 18.8 Å². The first kappa shape index (κ1) is 11.2. The number of methoxy groups -OCH3 is 1. The van der Waals surface area contributed by atoms with Gasteiger partial charge in [-0.05, 0) is 25.8 Å². The molecule has 0 amide bonds. The van der Waals surface area contributed by atoms with Crippen molar-refractivity contribution < 1.29 is 9.47 Å². The number of pyridine rings is 1. The summed E-state index contributed by atoms with van der Waals surface area (Å²) in [6.45, 7) is 3.69. The molecule has 1 aliphatic heterocycles. The van der Waals surface area contributed by atoms with Gasteiger partial charge in [0.25, 0.3) is 0 Å². The maximum Gasteiger partial charge on any atom is 0.160 e. The summed E-state index contributed by atoms with van der Waals surface area (Å²) >= 11 is 0. The van der Waals surface area contributed by atoms with Crippen molar-refractivity contribution in [1.82, 2.24) is 4.98 Å². The van der Waals surface area contributed by atoms with Crippen LogP contribution >= 0.6 is 0 Å². The highest BCUT2D eigenvalue weighted by Gasteiger charge is 2.15. The normalized spacial score (nSPS) is 19.8. The lowest BCUT2D eigenvalue weighted by atomic mass is 10.2. The van der Waals surface area contributed by atoms with Gasteiger partial charge in [-0.2, -0.15) is 0 Å². The van der Waals surface area contributed by atoms with Crippen molar-refractivity contribution in [3.63, 3.8) is 0 Å². The minimum Gasteiger partial charge on any atom is -0.493 e. The van der Waals surface area contributed by atoms with Crippen LogP contribution in [-0.4, -0.2) is 31.3 Å². The lowest BCUT2D eigenvalue weighted by Crippen LogP contribution is -2.18. The fourth-order valence-corrected chi connectivity index (χ4v) is 1.88. The van der Waals surface area contributed by atoms with Gasteiger partial charge in [0.2, 0.25) is 0 Å². The Morgan fingerprint density at radius 3 is 3.19 bits per heavy atom. The van der Waals surface area contributed by atoms with Crippen molar-refractivity contribution >= 4 is 5.69 Å². The predicted octanol–water partition coefficient (Wildman–Crippen LogP) is 1.99. The van der Waals surface area contributed by atoms with Crippen LogP contribution in [0.1, 0.15) is 18.5 Å². The molecule has 0 aromatic carbocycles. The quantitative estimate of drug-likeness (QED) is 0.846. The van der Waals surface area contributed by atoms with Gasteiger partial charge in [-0.15, -0.1) is 0 Å². The molecule has 16 heavy (non-hydrogen) atoms. The van der Waals surface area contributed by atoms with Crippen LogP contribution in [0.2, 0.25) is 0 Å². The maximum absolute atomic E-state index is 5.56. The van der Waals surface area contributed by atoms with Gasteiger partial charge in [-0.25, -0.2) is 0 Å². The number of hydrogen-bond acceptors (Lipinski definition) is 4. The van der Waals surface area contributed by atoms with Crippen LogP contribution in [0.25, 0.3) is 0 Å². The van der Waals surface area contributed by atoms with Crippen molar-refractivity contribution in [2.24, 2.45) is 0 Å². The molecule has 2 rings (SSSR count). The zero-order valence-electron chi connectivity index (χ0n) is 9.82. The first-order chi connectivity index (χ1) is 7.79. The smallest absolute Gasteiger partial charge is 0.160 e. The molecule has 1 aromatic heterocycles. The summed E-state index contributed by atoms with van der Waals surface area (Å²) < 4.78 is 10.8. The zero-order chi connectivity index (χ0) is 11.4. The van der Waals surface area contributed by atoms with E-state index in [4.69, 9.17) is 9.47 Å². The summed E-state index contributed by atoms with van der Waals surface area (Å²) in [7, 11) is 1.66. The van der Waals surface area contributed by atoms with E-state index in [2.05, 4.69) is 10.3 Å². The minimum atomic E-state index is 0.332. The molecule has 4 nitrogen and oxygen atoms in total. The van der Waals surface area contributed by atoms with E-state index in [1.165, 1.54) is 6.42 Å². The topological polar surface area (TPSA) is 43.4 Å². The number of rotatable bonds is 4. The Bertz CT molecular complexity index is 349. The van der Waals surface area contributed by atoms with Crippen LogP contribution < -0.4 is 10.1 Å². The van der Waals surface area contributed by atoms with E-state index in [-0.39, 0.29) is 0 Å². The Morgan fingerprint density at radius 1 is 1.62 bits per heavy atom. The summed E-state index contributed by atoms with van der Waals surface area (Å²) in [5.74, 6) is 0.781. The van der Waals surface area contributed by atoms with E-state index in [0.29, 0.717) is 6.10 Å². The molecule has 1 unspecified atom stereocenters. The summed E-state index contributed by atoms with van der Waals surface area (Å²) in [5.41, 5.74) is 1.97. The lowest BCUT2D eigenvalue weighted by Gasteiger charge is -2.14. The van der Waals surface area contributed by atoms with Crippen LogP contribution in [0.15, 0.2) is 12.3 Å². The van der Waals surface area contributed by atoms with Crippen molar-refractivity contribution in [2.45, 2.75) is 25.9 Å². The highest BCUT2D eigenvalue weighted by atomic mass is 16.5. The average Bonchev–Trinajstić information content (AvgIpc) is 2.79. The summed E-state index contributed by atoms with van der Waals surface area (Å²) in [5, 5.41) is 3.36. The highest BCUT2D eigenvalue weighted by Crippen LogP contribution is 2.24. The molecular formula is C12H18N2O2. The van der Waals surface area contributed by atoms with Gasteiger partial charge < -0.3 is 14.8 Å². The Hall–Kier alpha value is -1.29. The lowest BCUT2D eigenvalue weighted by molar-refractivity contribution is 0.120. The summed E-state index contributed by atoms with van der Waals surface area (Å²) in [6.07, 6.45) is 4.38. The van der Waals surface area contributed by atoms with E-state index < -0.39 is 0 Å². The molecule has 1 aromatic rings. The SMILES string of the molecule is COc1cnc(C)cc1NCC1CCCO1. The number of anilines is 1. The second kappa shape index (κ2) is 5.16. The second-order valence-electron chi connectivity index (χ2n) is 4.04. The largest absolute Gasteiger partial charge is 0.493 e. The van der Waals surface area contributed by atoms with Crippen molar-refractivity contribution in [3.05, 3.63) is 18.0 Å². The van der Waals surface area contributed by atoms with E-state index in [1.54, 1.807) is 13.3 Å². The second-order valence-corrected chi connectivity index (χ2v) is 4.04. The van der Waals surface area contributed by atoms with Gasteiger partial charge in [0.15, 0.2) is 5.75 Å². The molecule has 1 N–H and O–H groups in total. The molecular weight excluding hydrogens is 204 g/mol. The monoisotopic (exact) mass is 222 g/mol. The highest BCUT2D eigenvalue weighted by molar-refractivity contribution is 5.55. The van der Waals surface area contributed by atoms with Crippen molar-refractivity contribution in [1.29, 1.82) is 0 Å². The Labute approximate surface area is 96.0 Å². The third-order valence-electron chi connectivity index (χ3n) is 2.77. The predicted molar refractivity (Wildman–Crippen MR) is 63.0 cm³/mol. The third kappa shape index (κ3) is 2.64. The molecule has 88 valence electrons. The zero-order valence-corrected chi connectivity index (χ0v) is 9.82. The van der Waals surface area contributed by atoms with Gasteiger partial charge in [0.1, 0.15) is 0 Å². The molecule has 1 atom stereocenters. The fourth-order valence-electron chi connectivity index (χ4n) is 1.88. The maximum atomic E-state index is 5.56. The number of aryl methyl sites for hydroxylation is 1. The fraction of sp³-hybridized carbons (Fsp3) is 0.583. The number of nitrogens with zero attached hydrogens (tertiary/aromatic N) is 1. The Morgan fingerprint density at radius 2 is 2.50 bits per heavy atom. The molecule has 4 heteroatoms. The molecule has 0 radical (unpaired) electrons. The molecule has 1 fully saturated rings. The van der Waals surface area contributed by atoms with Crippen LogP contribution in [0.5, 0.6) is 5.75 Å². The standard InChI is InChI=1S/C12H18N2O2/c1-9-6-11(12(15-2)8-13-9)14-7-10-4-3-5-16-10/h6,8,10H,3-5,7H2,1-2H3,(H,13,14). The molecule has 0 spiro atoms. The summed E-state index contributed by atoms with van der Waals surface area (Å²) in [4.78, 5) is 4.19. The first-order valence-corrected chi connectivity index (χ1v) is 5.65. The van der Waals surface area contributed by atoms with Crippen molar-refractivity contribution in [2.75, 3.05) is 25.6 Å². The minimum absolute atomic E-state index is 0.332. The number of aromatic nitrogens is 1. The molecule has 0 aliphatic carbocycles. The van der Waals surface area contributed by atoms with Crippen molar-refractivity contribution in [3.8, 4) is 5.75 Å². The number of nitrogens with one attached hydrogen (secondary N) is 1. The molecule has 1 aliphatic rings. The average molecular weight is 222 g/mol. The van der Waals surface area contributed by atoms with E-state index in [9.17, 15) is 0 Å². The summed E-state index contributed by atoms with van der Waals surface area (Å²) in [6, 6.07) is 1.99. The van der Waals surface area contributed by atoms with Gasteiger partial charge in [-0.1, -0.05) is 0 Å². The van der Waals surface area contributed by atoms with Crippen LogP contribution in [0, 0.1) is 6.92 Å². The van der Waals surface area contributed by atoms with E-state index in [0.717, 1.165) is 36.7 Å². The van der Waals surface area contributed by atoms with Crippen LogP contribution in [0.4, 0.5) is 5.69 Å². The molecule has 2 heterocycles. The number of hydrogen-bond donors (Lipinski definition) is 1. The van der Waals surface area contributed by atoms with Crippen LogP contribution in [-0.2, 0) is 4.74 Å². The van der Waals surface area contributed by atoms with Gasteiger partial charge in [0.05, 0.1) is 25.1 Å². The van der Waals surface area contributed by atoms with Crippen LogP contribution in [0.3, 0.4) is 0 Å².